The predicted molar refractivity (Wildman–Crippen MR) is 75.6 cm³/mol. The van der Waals surface area contributed by atoms with Crippen LogP contribution >= 0.6 is 12.2 Å². The second kappa shape index (κ2) is 7.12. The molecule has 1 unspecified atom stereocenters. The number of isothiocyanates is 1. The number of halogens is 1. The number of Topliss-reactive ketones (excluding diaryl/α,β-unsaturated/α-hetero) is 1. The van der Waals surface area contributed by atoms with Crippen LogP contribution in [0.5, 0.6) is 5.75 Å². The van der Waals surface area contributed by atoms with Crippen molar-refractivity contribution in [2.45, 2.75) is 26.3 Å². The van der Waals surface area contributed by atoms with Gasteiger partial charge >= 0.3 is 0 Å². The quantitative estimate of drug-likeness (QED) is 0.455. The summed E-state index contributed by atoms with van der Waals surface area (Å²) >= 11 is 4.55. The van der Waals surface area contributed by atoms with Gasteiger partial charge in [-0.2, -0.15) is 0 Å². The molecule has 1 aromatic rings. The molecule has 1 rings (SSSR count). The third-order valence-electron chi connectivity index (χ3n) is 2.64. The third-order valence-corrected chi connectivity index (χ3v) is 2.75. The van der Waals surface area contributed by atoms with Gasteiger partial charge in [0.15, 0.2) is 17.3 Å². The van der Waals surface area contributed by atoms with E-state index in [0.717, 1.165) is 6.07 Å². The summed E-state index contributed by atoms with van der Waals surface area (Å²) in [5.74, 6) is -0.435. The summed E-state index contributed by atoms with van der Waals surface area (Å²) in [6.07, 6.45) is 0.552. The number of nitrogens with zero attached hydrogens (tertiary/aromatic N) is 1. The second-order valence-electron chi connectivity index (χ2n) is 4.58. The highest BCUT2D eigenvalue weighted by Gasteiger charge is 2.21. The van der Waals surface area contributed by atoms with Gasteiger partial charge in [0.25, 0.3) is 0 Å². The Labute approximate surface area is 117 Å². The molecule has 0 radical (unpaired) electrons. The lowest BCUT2D eigenvalue weighted by Gasteiger charge is -2.13. The molecule has 1 atom stereocenters. The van der Waals surface area contributed by atoms with Gasteiger partial charge in [0.1, 0.15) is 6.04 Å². The number of aliphatic imine (C=N–C) groups is 1. The Morgan fingerprint density at radius 1 is 1.53 bits per heavy atom. The van der Waals surface area contributed by atoms with Crippen molar-refractivity contribution in [2.75, 3.05) is 7.11 Å². The number of benzene rings is 1. The number of carbonyl (C=O) groups is 1. The van der Waals surface area contributed by atoms with Gasteiger partial charge in [-0.3, -0.25) is 4.79 Å². The molecular weight excluding hydrogens is 265 g/mol. The fourth-order valence-corrected chi connectivity index (χ4v) is 1.87. The Morgan fingerprint density at radius 3 is 2.68 bits per heavy atom. The van der Waals surface area contributed by atoms with E-state index in [2.05, 4.69) is 22.4 Å². The number of rotatable bonds is 6. The lowest BCUT2D eigenvalue weighted by Crippen LogP contribution is -2.21. The van der Waals surface area contributed by atoms with Crippen LogP contribution in [-0.4, -0.2) is 24.1 Å². The van der Waals surface area contributed by atoms with Gasteiger partial charge in [-0.25, -0.2) is 9.38 Å². The van der Waals surface area contributed by atoms with Crippen molar-refractivity contribution in [1.29, 1.82) is 0 Å². The number of ether oxygens (including phenoxy) is 1. The molecule has 0 aliphatic carbocycles. The maximum absolute atomic E-state index is 13.6. The molecule has 5 heteroatoms. The molecular formula is C14H16FNO2S. The molecule has 0 bridgehead atoms. The maximum Gasteiger partial charge on any atom is 0.188 e. The zero-order chi connectivity index (χ0) is 14.4. The molecule has 102 valence electrons. The van der Waals surface area contributed by atoms with Crippen LogP contribution in [0.4, 0.5) is 4.39 Å². The fraction of sp³-hybridized carbons (Fsp3) is 0.429. The molecule has 0 fully saturated rings. The Bertz CT molecular complexity index is 510. The summed E-state index contributed by atoms with van der Waals surface area (Å²) in [5, 5.41) is 2.23. The number of methoxy groups -OCH3 is 1. The lowest BCUT2D eigenvalue weighted by molar-refractivity contribution is 0.0952. The number of hydrogen-bond donors (Lipinski definition) is 0. The van der Waals surface area contributed by atoms with Crippen LogP contribution < -0.4 is 4.74 Å². The van der Waals surface area contributed by atoms with Gasteiger partial charge in [-0.15, -0.1) is 0 Å². The molecule has 19 heavy (non-hydrogen) atoms. The number of ketones is 1. The van der Waals surface area contributed by atoms with E-state index in [1.165, 1.54) is 19.2 Å². The van der Waals surface area contributed by atoms with Crippen molar-refractivity contribution in [1.82, 2.24) is 0 Å². The second-order valence-corrected chi connectivity index (χ2v) is 4.76. The third kappa shape index (κ3) is 4.23. The van der Waals surface area contributed by atoms with Crippen molar-refractivity contribution >= 4 is 23.2 Å². The van der Waals surface area contributed by atoms with Crippen molar-refractivity contribution in [3.05, 3.63) is 29.6 Å². The summed E-state index contributed by atoms with van der Waals surface area (Å²) in [5.41, 5.74) is 0.262. The first-order chi connectivity index (χ1) is 8.99. The van der Waals surface area contributed by atoms with Gasteiger partial charge in [0, 0.05) is 5.56 Å². The van der Waals surface area contributed by atoms with Crippen LogP contribution in [0.2, 0.25) is 0 Å². The van der Waals surface area contributed by atoms with Gasteiger partial charge in [-0.05, 0) is 42.8 Å². The molecule has 0 heterocycles. The summed E-state index contributed by atoms with van der Waals surface area (Å²) in [6, 6.07) is 3.50. The largest absolute Gasteiger partial charge is 0.494 e. The Morgan fingerprint density at radius 2 is 2.21 bits per heavy atom. The molecule has 0 spiro atoms. The average Bonchev–Trinajstić information content (AvgIpc) is 2.36. The van der Waals surface area contributed by atoms with Gasteiger partial charge in [-0.1, -0.05) is 13.8 Å². The Hall–Kier alpha value is -1.58. The van der Waals surface area contributed by atoms with Crippen molar-refractivity contribution in [3.8, 4) is 5.75 Å². The summed E-state index contributed by atoms with van der Waals surface area (Å²) in [4.78, 5) is 16.1. The van der Waals surface area contributed by atoms with Crippen LogP contribution in [-0.2, 0) is 0 Å². The van der Waals surface area contributed by atoms with Crippen molar-refractivity contribution < 1.29 is 13.9 Å². The monoisotopic (exact) mass is 281 g/mol. The summed E-state index contributed by atoms with van der Waals surface area (Å²) in [6.45, 7) is 3.96. The molecule has 1 aromatic carbocycles. The molecule has 0 aromatic heterocycles. The normalized spacial score (nSPS) is 11.8. The first-order valence-electron chi connectivity index (χ1n) is 5.94. The van der Waals surface area contributed by atoms with E-state index in [9.17, 15) is 9.18 Å². The minimum absolute atomic E-state index is 0.107. The van der Waals surface area contributed by atoms with Crippen molar-refractivity contribution in [2.24, 2.45) is 10.9 Å². The topological polar surface area (TPSA) is 38.7 Å². The van der Waals surface area contributed by atoms with E-state index < -0.39 is 11.9 Å². The SMILES string of the molecule is COc1ccc(C(=O)C(CC(C)C)N=C=S)cc1F. The summed E-state index contributed by atoms with van der Waals surface area (Å²) < 4.78 is 18.4. The maximum atomic E-state index is 13.6. The molecule has 0 N–H and O–H groups in total. The van der Waals surface area contributed by atoms with Crippen LogP contribution in [0.3, 0.4) is 0 Å². The van der Waals surface area contributed by atoms with Gasteiger partial charge < -0.3 is 4.74 Å². The predicted octanol–water partition coefficient (Wildman–Crippen LogP) is 3.53. The molecule has 3 nitrogen and oxygen atoms in total. The van der Waals surface area contributed by atoms with Gasteiger partial charge in [0.2, 0.25) is 0 Å². The van der Waals surface area contributed by atoms with Crippen molar-refractivity contribution in [3.63, 3.8) is 0 Å². The first kappa shape index (κ1) is 15.5. The fourth-order valence-electron chi connectivity index (χ4n) is 1.74. The van der Waals surface area contributed by atoms with E-state index in [-0.39, 0.29) is 23.0 Å². The zero-order valence-electron chi connectivity index (χ0n) is 11.1. The van der Waals surface area contributed by atoms with E-state index >= 15 is 0 Å². The molecule has 0 aliphatic rings. The van der Waals surface area contributed by atoms with Crippen LogP contribution in [0.15, 0.2) is 23.2 Å². The average molecular weight is 281 g/mol. The van der Waals surface area contributed by atoms with E-state index in [1.807, 2.05) is 13.8 Å². The smallest absolute Gasteiger partial charge is 0.188 e. The van der Waals surface area contributed by atoms with Crippen LogP contribution in [0.1, 0.15) is 30.6 Å². The van der Waals surface area contributed by atoms with E-state index in [0.29, 0.717) is 6.42 Å². The Kier molecular flexibility index (Phi) is 5.80. The highest BCUT2D eigenvalue weighted by Crippen LogP contribution is 2.20. The summed E-state index contributed by atoms with van der Waals surface area (Å²) in [7, 11) is 1.37. The minimum Gasteiger partial charge on any atom is -0.494 e. The molecule has 0 aliphatic heterocycles. The van der Waals surface area contributed by atoms with Gasteiger partial charge in [0.05, 0.1) is 12.3 Å². The molecule has 0 amide bonds. The van der Waals surface area contributed by atoms with E-state index in [1.54, 1.807) is 0 Å². The first-order valence-corrected chi connectivity index (χ1v) is 6.35. The zero-order valence-corrected chi connectivity index (χ0v) is 12.0. The molecule has 0 saturated heterocycles. The number of hydrogen-bond acceptors (Lipinski definition) is 4. The molecule has 0 saturated carbocycles. The highest BCUT2D eigenvalue weighted by atomic mass is 32.1. The van der Waals surface area contributed by atoms with Crippen LogP contribution in [0, 0.1) is 11.7 Å². The standard InChI is InChI=1S/C14H16FNO2S/c1-9(2)6-12(16-8-19)14(17)10-4-5-13(18-3)11(15)7-10/h4-5,7,9,12H,6H2,1-3H3. The van der Waals surface area contributed by atoms with E-state index in [4.69, 9.17) is 4.74 Å². The number of carbonyl (C=O) groups excluding carboxylic acids is 1. The van der Waals surface area contributed by atoms with Crippen LogP contribution in [0.25, 0.3) is 0 Å². The Balaban J connectivity index is 3.02. The minimum atomic E-state index is -0.606. The lowest BCUT2D eigenvalue weighted by atomic mass is 9.96. The highest BCUT2D eigenvalue weighted by molar-refractivity contribution is 7.78. The number of thiocarbonyl (C=S) groups is 1.